The van der Waals surface area contributed by atoms with E-state index in [4.69, 9.17) is 4.42 Å². The van der Waals surface area contributed by atoms with E-state index < -0.39 is 0 Å². The fraction of sp³-hybridized carbons (Fsp3) is 0. The number of hydrogen-bond donors (Lipinski definition) is 0. The van der Waals surface area contributed by atoms with Crippen molar-refractivity contribution < 1.29 is 4.42 Å². The summed E-state index contributed by atoms with van der Waals surface area (Å²) in [6, 6.07) is 45.2. The van der Waals surface area contributed by atoms with E-state index in [2.05, 4.69) is 127 Å². The molecule has 6 aromatic carbocycles. The lowest BCUT2D eigenvalue weighted by molar-refractivity contribution is 0.584. The van der Waals surface area contributed by atoms with Gasteiger partial charge in [0, 0.05) is 16.7 Å². The predicted octanol–water partition coefficient (Wildman–Crippen LogP) is 9.74. The fourth-order valence-electron chi connectivity index (χ4n) is 5.35. The van der Waals surface area contributed by atoms with Crippen molar-refractivity contribution in [3.63, 3.8) is 0 Å². The molecule has 0 N–H and O–H groups in total. The zero-order valence-electron chi connectivity index (χ0n) is 19.1. The topological polar surface area (TPSA) is 13.1 Å². The minimum Gasteiger partial charge on any atom is -0.463 e. The summed E-state index contributed by atoms with van der Waals surface area (Å²) in [5.41, 5.74) is 5.72. The summed E-state index contributed by atoms with van der Waals surface area (Å²) in [4.78, 5) is 0. The molecular weight excluding hydrogens is 424 g/mol. The van der Waals surface area contributed by atoms with Crippen molar-refractivity contribution in [2.24, 2.45) is 0 Å². The molecule has 0 aliphatic heterocycles. The lowest BCUT2D eigenvalue weighted by Crippen LogP contribution is -1.88. The Labute approximate surface area is 203 Å². The molecule has 0 aliphatic rings. The molecular formula is C34H22O. The van der Waals surface area contributed by atoms with Gasteiger partial charge in [-0.3, -0.25) is 0 Å². The third-order valence-corrected chi connectivity index (χ3v) is 6.96. The fourth-order valence-corrected chi connectivity index (χ4v) is 5.35. The van der Waals surface area contributed by atoms with Crippen LogP contribution in [0, 0.1) is 0 Å². The molecule has 0 bridgehead atoms. The van der Waals surface area contributed by atoms with E-state index >= 15 is 0 Å². The van der Waals surface area contributed by atoms with E-state index in [0.717, 1.165) is 22.5 Å². The Morgan fingerprint density at radius 2 is 0.771 bits per heavy atom. The molecule has 0 saturated heterocycles. The summed E-state index contributed by atoms with van der Waals surface area (Å²) in [6.45, 7) is 0. The number of rotatable bonds is 3. The summed E-state index contributed by atoms with van der Waals surface area (Å²) in [6.07, 6.45) is 1.94. The quantitative estimate of drug-likeness (QED) is 0.263. The Morgan fingerprint density at radius 3 is 1.37 bits per heavy atom. The van der Waals surface area contributed by atoms with Gasteiger partial charge in [-0.25, -0.2) is 0 Å². The molecule has 35 heavy (non-hydrogen) atoms. The highest BCUT2D eigenvalue weighted by molar-refractivity contribution is 6.10. The largest absolute Gasteiger partial charge is 0.463 e. The molecule has 7 aromatic rings. The average molecular weight is 447 g/mol. The van der Waals surface area contributed by atoms with Crippen LogP contribution in [0.5, 0.6) is 0 Å². The zero-order valence-corrected chi connectivity index (χ0v) is 19.1. The highest BCUT2D eigenvalue weighted by Gasteiger charge is 2.22. The Balaban J connectivity index is 1.61. The van der Waals surface area contributed by atoms with Crippen molar-refractivity contribution in [1.29, 1.82) is 0 Å². The van der Waals surface area contributed by atoms with Crippen LogP contribution in [0.2, 0.25) is 0 Å². The smallest absolute Gasteiger partial charge is 0.142 e. The van der Waals surface area contributed by atoms with Gasteiger partial charge in [0.1, 0.15) is 5.76 Å². The van der Waals surface area contributed by atoms with Gasteiger partial charge in [-0.05, 0) is 43.4 Å². The second kappa shape index (κ2) is 8.00. The van der Waals surface area contributed by atoms with Crippen LogP contribution < -0.4 is 0 Å². The standard InChI is InChI=1S/C34H22O/c1-4-16-26-23(10-1)13-7-19-29(26)32-22-35-34(31-21-9-15-25-12-3-6-18-28(25)31)33(32)30-20-8-14-24-11-2-5-17-27(24)30/h1-22H. The SMILES string of the molecule is c1ccc2c(-c3coc(-c4cccc5ccccc45)c3-c3cccc4ccccc34)cccc2c1. The van der Waals surface area contributed by atoms with E-state index in [1.807, 2.05) is 6.26 Å². The molecule has 0 saturated carbocycles. The van der Waals surface area contributed by atoms with Crippen LogP contribution in [0.15, 0.2) is 138 Å². The van der Waals surface area contributed by atoms with E-state index in [-0.39, 0.29) is 0 Å². The second-order valence-electron chi connectivity index (χ2n) is 8.93. The maximum Gasteiger partial charge on any atom is 0.142 e. The summed E-state index contributed by atoms with van der Waals surface area (Å²) in [5, 5.41) is 7.29. The zero-order chi connectivity index (χ0) is 23.2. The van der Waals surface area contributed by atoms with Crippen molar-refractivity contribution in [2.75, 3.05) is 0 Å². The van der Waals surface area contributed by atoms with Crippen molar-refractivity contribution >= 4 is 32.3 Å². The molecule has 7 rings (SSSR count). The van der Waals surface area contributed by atoms with Crippen LogP contribution in [0.3, 0.4) is 0 Å². The minimum absolute atomic E-state index is 0.904. The van der Waals surface area contributed by atoms with Crippen molar-refractivity contribution in [1.82, 2.24) is 0 Å². The molecule has 1 nitrogen and oxygen atoms in total. The van der Waals surface area contributed by atoms with Crippen LogP contribution in [-0.4, -0.2) is 0 Å². The third kappa shape index (κ3) is 3.17. The summed E-state index contributed by atoms with van der Waals surface area (Å²) in [7, 11) is 0. The second-order valence-corrected chi connectivity index (χ2v) is 8.93. The van der Waals surface area contributed by atoms with Crippen molar-refractivity contribution in [3.8, 4) is 33.6 Å². The van der Waals surface area contributed by atoms with Gasteiger partial charge in [0.15, 0.2) is 0 Å². The highest BCUT2D eigenvalue weighted by Crippen LogP contribution is 2.46. The molecule has 0 radical (unpaired) electrons. The Bertz CT molecular complexity index is 1740. The van der Waals surface area contributed by atoms with E-state index in [0.29, 0.717) is 0 Å². The molecule has 0 amide bonds. The van der Waals surface area contributed by atoms with Crippen LogP contribution in [-0.2, 0) is 0 Å². The molecule has 164 valence electrons. The van der Waals surface area contributed by atoms with Crippen LogP contribution in [0.1, 0.15) is 0 Å². The molecule has 1 heterocycles. The average Bonchev–Trinajstić information content (AvgIpc) is 3.36. The lowest BCUT2D eigenvalue weighted by atomic mass is 9.88. The van der Waals surface area contributed by atoms with Gasteiger partial charge in [-0.1, -0.05) is 127 Å². The number of furan rings is 1. The maximum atomic E-state index is 6.50. The molecule has 1 heteroatoms. The summed E-state index contributed by atoms with van der Waals surface area (Å²) >= 11 is 0. The highest BCUT2D eigenvalue weighted by atomic mass is 16.3. The van der Waals surface area contributed by atoms with Crippen LogP contribution >= 0.6 is 0 Å². The predicted molar refractivity (Wildman–Crippen MR) is 148 cm³/mol. The van der Waals surface area contributed by atoms with Crippen molar-refractivity contribution in [3.05, 3.63) is 134 Å². The molecule has 0 unspecified atom stereocenters. The summed E-state index contributed by atoms with van der Waals surface area (Å²) in [5.74, 6) is 0.904. The Hall–Kier alpha value is -4.62. The van der Waals surface area contributed by atoms with E-state index in [9.17, 15) is 0 Å². The first kappa shape index (κ1) is 19.8. The van der Waals surface area contributed by atoms with Gasteiger partial charge in [0.2, 0.25) is 0 Å². The number of hydrogen-bond acceptors (Lipinski definition) is 1. The Morgan fingerprint density at radius 1 is 0.343 bits per heavy atom. The Kier molecular flexibility index (Phi) is 4.53. The molecule has 0 aliphatic carbocycles. The normalized spacial score (nSPS) is 11.4. The maximum absolute atomic E-state index is 6.50. The molecule has 0 spiro atoms. The van der Waals surface area contributed by atoms with Crippen molar-refractivity contribution in [2.45, 2.75) is 0 Å². The molecule has 0 atom stereocenters. The first-order chi connectivity index (χ1) is 17.4. The van der Waals surface area contributed by atoms with Gasteiger partial charge < -0.3 is 4.42 Å². The summed E-state index contributed by atoms with van der Waals surface area (Å²) < 4.78 is 6.50. The number of fused-ring (bicyclic) bond motifs is 3. The molecule has 0 fully saturated rings. The van der Waals surface area contributed by atoms with Gasteiger partial charge in [0.25, 0.3) is 0 Å². The van der Waals surface area contributed by atoms with Gasteiger partial charge in [-0.2, -0.15) is 0 Å². The van der Waals surface area contributed by atoms with Gasteiger partial charge >= 0.3 is 0 Å². The van der Waals surface area contributed by atoms with Crippen LogP contribution in [0.25, 0.3) is 65.9 Å². The first-order valence-corrected chi connectivity index (χ1v) is 11.9. The monoisotopic (exact) mass is 446 g/mol. The van der Waals surface area contributed by atoms with Gasteiger partial charge in [-0.15, -0.1) is 0 Å². The van der Waals surface area contributed by atoms with E-state index in [1.165, 1.54) is 43.4 Å². The van der Waals surface area contributed by atoms with Crippen LogP contribution in [0.4, 0.5) is 0 Å². The van der Waals surface area contributed by atoms with E-state index in [1.54, 1.807) is 0 Å². The van der Waals surface area contributed by atoms with Gasteiger partial charge in [0.05, 0.1) is 6.26 Å². The first-order valence-electron chi connectivity index (χ1n) is 11.9. The third-order valence-electron chi connectivity index (χ3n) is 6.96. The minimum atomic E-state index is 0.904. The number of benzene rings is 6. The molecule has 1 aromatic heterocycles. The lowest BCUT2D eigenvalue weighted by Gasteiger charge is -2.13.